The van der Waals surface area contributed by atoms with Crippen molar-refractivity contribution in [2.24, 2.45) is 0 Å². The molecule has 7 heteroatoms. The number of aryl methyl sites for hydroxylation is 2. The molecule has 0 unspecified atom stereocenters. The average Bonchev–Trinajstić information content (AvgIpc) is 2.86. The third-order valence-electron chi connectivity index (χ3n) is 2.71. The van der Waals surface area contributed by atoms with Crippen molar-refractivity contribution in [3.8, 4) is 0 Å². The van der Waals surface area contributed by atoms with E-state index in [1.165, 1.54) is 10.7 Å². The summed E-state index contributed by atoms with van der Waals surface area (Å²) < 4.78 is 27.9. The zero-order valence-electron chi connectivity index (χ0n) is 10.7. The van der Waals surface area contributed by atoms with Crippen LogP contribution in [0, 0.1) is 18.0 Å². The van der Waals surface area contributed by atoms with Gasteiger partial charge in [-0.05, 0) is 26.0 Å². The lowest BCUT2D eigenvalue weighted by Crippen LogP contribution is -2.13. The minimum Gasteiger partial charge on any atom is -0.308 e. The molecule has 0 amide bonds. The lowest BCUT2D eigenvalue weighted by Gasteiger charge is -2.02. The van der Waals surface area contributed by atoms with Gasteiger partial charge in [0.05, 0.1) is 5.69 Å². The first-order valence-electron chi connectivity index (χ1n) is 5.78. The molecule has 0 radical (unpaired) electrons. The van der Waals surface area contributed by atoms with Crippen molar-refractivity contribution in [3.63, 3.8) is 0 Å². The van der Waals surface area contributed by atoms with Crippen LogP contribution >= 0.6 is 23.7 Å². The summed E-state index contributed by atoms with van der Waals surface area (Å²) in [5.74, 6) is -0.292. The largest absolute Gasteiger partial charge is 0.308 e. The Labute approximate surface area is 121 Å². The predicted octanol–water partition coefficient (Wildman–Crippen LogP) is 3.26. The van der Waals surface area contributed by atoms with Crippen molar-refractivity contribution in [1.82, 2.24) is 15.1 Å². The zero-order chi connectivity index (χ0) is 13.1. The van der Waals surface area contributed by atoms with E-state index < -0.39 is 0 Å². The Morgan fingerprint density at radius 1 is 1.32 bits per heavy atom. The molecule has 0 spiro atoms. The number of nitrogens with one attached hydrogen (secondary N) is 1. The zero-order valence-corrected chi connectivity index (χ0v) is 12.4. The number of halogens is 3. The van der Waals surface area contributed by atoms with E-state index in [0.29, 0.717) is 30.9 Å². The number of hydrogen-bond donors (Lipinski definition) is 1. The Hall–Kier alpha value is -0.980. The minimum atomic E-state index is -0.292. The summed E-state index contributed by atoms with van der Waals surface area (Å²) in [5, 5.41) is 7.00. The van der Waals surface area contributed by atoms with Crippen LogP contribution < -0.4 is 5.32 Å². The summed E-state index contributed by atoms with van der Waals surface area (Å²) in [6, 6.07) is 3.16. The molecule has 0 atom stereocenters. The van der Waals surface area contributed by atoms with E-state index >= 15 is 0 Å². The molecular weight excluding hydrogens is 292 g/mol. The van der Waals surface area contributed by atoms with E-state index in [-0.39, 0.29) is 23.5 Å². The maximum Gasteiger partial charge on any atom is 0.216 e. The Morgan fingerprint density at radius 3 is 2.58 bits per heavy atom. The van der Waals surface area contributed by atoms with E-state index in [4.69, 9.17) is 0 Å². The van der Waals surface area contributed by atoms with E-state index in [0.717, 1.165) is 16.2 Å². The first-order valence-corrected chi connectivity index (χ1v) is 6.60. The summed E-state index contributed by atoms with van der Waals surface area (Å²) in [6.07, 6.45) is 0. The van der Waals surface area contributed by atoms with Crippen LogP contribution in [0.3, 0.4) is 0 Å². The van der Waals surface area contributed by atoms with Crippen LogP contribution in [0.5, 0.6) is 0 Å². The normalized spacial score (nSPS) is 10.5. The Morgan fingerprint density at radius 2 is 2.05 bits per heavy atom. The Bertz CT molecular complexity index is 539. The molecule has 0 aliphatic carbocycles. The average molecular weight is 308 g/mol. The maximum atomic E-state index is 13.8. The summed E-state index contributed by atoms with van der Waals surface area (Å²) in [5.41, 5.74) is 1.27. The highest BCUT2D eigenvalue weighted by atomic mass is 35.5. The van der Waals surface area contributed by atoms with Crippen LogP contribution in [0.1, 0.15) is 23.1 Å². The second-order valence-electron chi connectivity index (χ2n) is 3.98. The molecule has 2 rings (SSSR count). The number of hydrogen-bond acceptors (Lipinski definition) is 3. The van der Waals surface area contributed by atoms with Crippen LogP contribution in [-0.4, -0.2) is 9.78 Å². The summed E-state index contributed by atoms with van der Waals surface area (Å²) >= 11 is 1.10. The van der Waals surface area contributed by atoms with Crippen molar-refractivity contribution in [1.29, 1.82) is 0 Å². The second kappa shape index (κ2) is 6.98. The number of nitrogens with zero attached hydrogens (tertiary/aromatic N) is 2. The lowest BCUT2D eigenvalue weighted by molar-refractivity contribution is 0.460. The molecule has 2 heterocycles. The number of thiophene rings is 1. The molecule has 0 aliphatic heterocycles. The van der Waals surface area contributed by atoms with Crippen LogP contribution in [0.15, 0.2) is 12.1 Å². The highest BCUT2D eigenvalue weighted by molar-refractivity contribution is 7.10. The highest BCUT2D eigenvalue weighted by Gasteiger charge is 2.13. The lowest BCUT2D eigenvalue weighted by atomic mass is 10.2. The number of rotatable bonds is 5. The molecular formula is C12H16ClF2N3S. The van der Waals surface area contributed by atoms with Gasteiger partial charge in [-0.25, -0.2) is 4.68 Å². The molecule has 2 aromatic heterocycles. The molecule has 0 aliphatic rings. The van der Waals surface area contributed by atoms with Gasteiger partial charge in [-0.1, -0.05) is 0 Å². The molecule has 0 fully saturated rings. The van der Waals surface area contributed by atoms with Gasteiger partial charge < -0.3 is 5.32 Å². The molecule has 0 aromatic carbocycles. The fourth-order valence-electron chi connectivity index (χ4n) is 1.76. The van der Waals surface area contributed by atoms with Gasteiger partial charge in [0.2, 0.25) is 5.95 Å². The van der Waals surface area contributed by atoms with Crippen LogP contribution in [0.25, 0.3) is 0 Å². The highest BCUT2D eigenvalue weighted by Crippen LogP contribution is 2.15. The summed E-state index contributed by atoms with van der Waals surface area (Å²) in [6.45, 7) is 5.09. The van der Waals surface area contributed by atoms with Gasteiger partial charge in [0, 0.05) is 30.1 Å². The standard InChI is InChI=1S/C12H15F2N3S.ClH/c1-3-17-12(14)10(8(2)16-17)7-15-6-9-4-5-11(13)18-9;/h4-5,15H,3,6-7H2,1-2H3;1H. The topological polar surface area (TPSA) is 29.9 Å². The summed E-state index contributed by atoms with van der Waals surface area (Å²) in [7, 11) is 0. The third-order valence-corrected chi connectivity index (χ3v) is 3.59. The maximum absolute atomic E-state index is 13.8. The van der Waals surface area contributed by atoms with Crippen LogP contribution in [0.2, 0.25) is 0 Å². The van der Waals surface area contributed by atoms with Gasteiger partial charge in [0.15, 0.2) is 5.13 Å². The fraction of sp³-hybridized carbons (Fsp3) is 0.417. The van der Waals surface area contributed by atoms with E-state index in [2.05, 4.69) is 10.4 Å². The first kappa shape index (κ1) is 16.1. The van der Waals surface area contributed by atoms with Crippen molar-refractivity contribution in [3.05, 3.63) is 39.3 Å². The van der Waals surface area contributed by atoms with Gasteiger partial charge in [-0.15, -0.1) is 23.7 Å². The Balaban J connectivity index is 0.00000180. The molecule has 106 valence electrons. The molecule has 1 N–H and O–H groups in total. The molecule has 2 aromatic rings. The Kier molecular flexibility index (Phi) is 5.90. The van der Waals surface area contributed by atoms with E-state index in [1.54, 1.807) is 13.0 Å². The van der Waals surface area contributed by atoms with Crippen LogP contribution in [-0.2, 0) is 19.6 Å². The van der Waals surface area contributed by atoms with Gasteiger partial charge in [-0.3, -0.25) is 0 Å². The monoisotopic (exact) mass is 307 g/mol. The van der Waals surface area contributed by atoms with E-state index in [1.807, 2.05) is 6.92 Å². The number of aromatic nitrogens is 2. The quantitative estimate of drug-likeness (QED) is 0.919. The molecule has 0 saturated carbocycles. The first-order chi connectivity index (χ1) is 8.61. The van der Waals surface area contributed by atoms with Gasteiger partial charge in [0.1, 0.15) is 0 Å². The van der Waals surface area contributed by atoms with Gasteiger partial charge in [0.25, 0.3) is 0 Å². The predicted molar refractivity (Wildman–Crippen MR) is 74.7 cm³/mol. The minimum absolute atomic E-state index is 0. The van der Waals surface area contributed by atoms with Crippen molar-refractivity contribution in [2.75, 3.05) is 0 Å². The smallest absolute Gasteiger partial charge is 0.216 e. The second-order valence-corrected chi connectivity index (χ2v) is 5.10. The third kappa shape index (κ3) is 3.75. The molecule has 3 nitrogen and oxygen atoms in total. The van der Waals surface area contributed by atoms with Crippen molar-refractivity contribution < 1.29 is 8.78 Å². The van der Waals surface area contributed by atoms with Crippen LogP contribution in [0.4, 0.5) is 8.78 Å². The molecule has 0 bridgehead atoms. The molecule has 0 saturated heterocycles. The van der Waals surface area contributed by atoms with Crippen molar-refractivity contribution >= 4 is 23.7 Å². The fourth-order valence-corrected chi connectivity index (χ4v) is 2.46. The van der Waals surface area contributed by atoms with Gasteiger partial charge >= 0.3 is 0 Å². The SMILES string of the molecule is CCn1nc(C)c(CNCc2ccc(F)s2)c1F.Cl. The van der Waals surface area contributed by atoms with E-state index in [9.17, 15) is 8.78 Å². The summed E-state index contributed by atoms with van der Waals surface area (Å²) in [4.78, 5) is 0.897. The van der Waals surface area contributed by atoms with Gasteiger partial charge in [-0.2, -0.15) is 13.9 Å². The molecule has 19 heavy (non-hydrogen) atoms. The van der Waals surface area contributed by atoms with Crippen molar-refractivity contribution in [2.45, 2.75) is 33.5 Å².